The van der Waals surface area contributed by atoms with Crippen LogP contribution in [0.25, 0.3) is 0 Å². The second-order valence-corrected chi connectivity index (χ2v) is 7.60. The number of amides is 1. The molecule has 2 rings (SSSR count). The van der Waals surface area contributed by atoms with E-state index in [2.05, 4.69) is 37.4 Å². The van der Waals surface area contributed by atoms with E-state index < -0.39 is 0 Å². The summed E-state index contributed by atoms with van der Waals surface area (Å²) in [5, 5.41) is 0. The van der Waals surface area contributed by atoms with E-state index in [1.54, 1.807) is 0 Å². The molecule has 1 amide bonds. The Morgan fingerprint density at radius 3 is 2.80 bits per heavy atom. The Morgan fingerprint density at radius 1 is 1.36 bits per heavy atom. The summed E-state index contributed by atoms with van der Waals surface area (Å²) in [6.45, 7) is 9.65. The standard InChI is InChI=1S/C20H33N3OS/c1-4-5-8-18-13-23(11-10-22(18)12-17(21)14-25)20(24)19-9-6-7-15(2)16(19)3/h6-7,9,17-18,25H,4-5,8,10-14,21H2,1-3H3. The predicted molar refractivity (Wildman–Crippen MR) is 109 cm³/mol. The van der Waals surface area contributed by atoms with Gasteiger partial charge in [-0.15, -0.1) is 0 Å². The van der Waals surface area contributed by atoms with E-state index in [4.69, 9.17) is 5.73 Å². The fourth-order valence-corrected chi connectivity index (χ4v) is 3.66. The highest BCUT2D eigenvalue weighted by atomic mass is 32.1. The second-order valence-electron chi connectivity index (χ2n) is 7.23. The first kappa shape index (κ1) is 20.3. The minimum Gasteiger partial charge on any atom is -0.336 e. The fourth-order valence-electron chi connectivity index (χ4n) is 3.54. The van der Waals surface area contributed by atoms with Crippen molar-refractivity contribution < 1.29 is 4.79 Å². The number of piperazine rings is 1. The van der Waals surface area contributed by atoms with Gasteiger partial charge in [-0.05, 0) is 37.5 Å². The van der Waals surface area contributed by atoms with Crippen LogP contribution in [0.3, 0.4) is 0 Å². The van der Waals surface area contributed by atoms with Crippen LogP contribution in [0, 0.1) is 13.8 Å². The second kappa shape index (κ2) is 9.60. The van der Waals surface area contributed by atoms with E-state index in [0.29, 0.717) is 11.8 Å². The number of hydrogen-bond acceptors (Lipinski definition) is 4. The van der Waals surface area contributed by atoms with Gasteiger partial charge in [-0.25, -0.2) is 0 Å². The van der Waals surface area contributed by atoms with Crippen molar-refractivity contribution in [2.75, 3.05) is 31.9 Å². The highest BCUT2D eigenvalue weighted by Gasteiger charge is 2.30. The van der Waals surface area contributed by atoms with Gasteiger partial charge in [0.1, 0.15) is 0 Å². The molecule has 2 N–H and O–H groups in total. The Morgan fingerprint density at radius 2 is 2.12 bits per heavy atom. The lowest BCUT2D eigenvalue weighted by Gasteiger charge is -2.42. The quantitative estimate of drug-likeness (QED) is 0.733. The summed E-state index contributed by atoms with van der Waals surface area (Å²) in [5.74, 6) is 0.864. The van der Waals surface area contributed by atoms with Crippen LogP contribution in [0.15, 0.2) is 18.2 Å². The van der Waals surface area contributed by atoms with Gasteiger partial charge in [0, 0.05) is 49.6 Å². The fraction of sp³-hybridized carbons (Fsp3) is 0.650. The van der Waals surface area contributed by atoms with Gasteiger partial charge < -0.3 is 10.6 Å². The van der Waals surface area contributed by atoms with Gasteiger partial charge in [0.2, 0.25) is 0 Å². The van der Waals surface area contributed by atoms with Crippen LogP contribution >= 0.6 is 12.6 Å². The summed E-state index contributed by atoms with van der Waals surface area (Å²) in [6, 6.07) is 6.48. The molecule has 0 aromatic heterocycles. The van der Waals surface area contributed by atoms with Crippen molar-refractivity contribution in [3.8, 4) is 0 Å². The Kier molecular flexibility index (Phi) is 7.79. The average molecular weight is 364 g/mol. The van der Waals surface area contributed by atoms with Crippen LogP contribution < -0.4 is 5.73 Å². The van der Waals surface area contributed by atoms with E-state index in [0.717, 1.165) is 43.7 Å². The van der Waals surface area contributed by atoms with E-state index in [1.165, 1.54) is 18.4 Å². The van der Waals surface area contributed by atoms with Crippen LogP contribution in [0.1, 0.15) is 47.7 Å². The largest absolute Gasteiger partial charge is 0.336 e. The molecule has 25 heavy (non-hydrogen) atoms. The maximum Gasteiger partial charge on any atom is 0.254 e. The topological polar surface area (TPSA) is 49.6 Å². The maximum atomic E-state index is 13.0. The SMILES string of the molecule is CCCCC1CN(C(=O)c2cccc(C)c2C)CCN1CC(N)CS. The summed E-state index contributed by atoms with van der Waals surface area (Å²) >= 11 is 4.32. The number of thiol groups is 1. The molecular formula is C20H33N3OS. The highest BCUT2D eigenvalue weighted by Crippen LogP contribution is 2.20. The Hall–Kier alpha value is -1.04. The van der Waals surface area contributed by atoms with Crippen LogP contribution in [0.5, 0.6) is 0 Å². The van der Waals surface area contributed by atoms with Gasteiger partial charge in [0.05, 0.1) is 0 Å². The van der Waals surface area contributed by atoms with Gasteiger partial charge in [-0.2, -0.15) is 12.6 Å². The van der Waals surface area contributed by atoms with Crippen molar-refractivity contribution in [2.45, 2.75) is 52.1 Å². The van der Waals surface area contributed by atoms with Crippen LogP contribution in [-0.4, -0.2) is 59.7 Å². The van der Waals surface area contributed by atoms with Crippen molar-refractivity contribution in [2.24, 2.45) is 5.73 Å². The van der Waals surface area contributed by atoms with E-state index in [9.17, 15) is 4.79 Å². The number of hydrogen-bond donors (Lipinski definition) is 2. The molecule has 0 aliphatic carbocycles. The average Bonchev–Trinajstić information content (AvgIpc) is 2.62. The molecule has 0 bridgehead atoms. The number of unbranched alkanes of at least 4 members (excludes halogenated alkanes) is 1. The van der Waals surface area contributed by atoms with E-state index >= 15 is 0 Å². The molecule has 1 aromatic carbocycles. The minimum atomic E-state index is 0.0914. The molecule has 1 aliphatic heterocycles. The molecule has 5 heteroatoms. The molecule has 1 aliphatic rings. The minimum absolute atomic E-state index is 0.0914. The number of carbonyl (C=O) groups is 1. The van der Waals surface area contributed by atoms with Gasteiger partial charge >= 0.3 is 0 Å². The smallest absolute Gasteiger partial charge is 0.254 e. The molecule has 1 aromatic rings. The van der Waals surface area contributed by atoms with Crippen LogP contribution in [0.2, 0.25) is 0 Å². The molecule has 4 nitrogen and oxygen atoms in total. The number of carbonyl (C=O) groups excluding carboxylic acids is 1. The van der Waals surface area contributed by atoms with Crippen molar-refractivity contribution in [1.82, 2.24) is 9.80 Å². The third-order valence-electron chi connectivity index (χ3n) is 5.32. The van der Waals surface area contributed by atoms with Gasteiger partial charge in [-0.1, -0.05) is 31.9 Å². The van der Waals surface area contributed by atoms with Gasteiger partial charge in [0.25, 0.3) is 5.91 Å². The molecule has 1 heterocycles. The molecular weight excluding hydrogens is 330 g/mol. The van der Waals surface area contributed by atoms with Crippen LogP contribution in [-0.2, 0) is 0 Å². The van der Waals surface area contributed by atoms with E-state index in [1.807, 2.05) is 24.0 Å². The Labute approximate surface area is 158 Å². The number of nitrogens with zero attached hydrogens (tertiary/aromatic N) is 2. The van der Waals surface area contributed by atoms with Gasteiger partial charge in [-0.3, -0.25) is 9.69 Å². The third-order valence-corrected chi connectivity index (χ3v) is 5.79. The molecule has 0 radical (unpaired) electrons. The summed E-state index contributed by atoms with van der Waals surface area (Å²) in [6.07, 6.45) is 3.48. The van der Waals surface area contributed by atoms with Crippen LogP contribution in [0.4, 0.5) is 0 Å². The number of aryl methyl sites for hydroxylation is 1. The molecule has 1 fully saturated rings. The first-order valence-corrected chi connectivity index (χ1v) is 10.1. The molecule has 2 unspecified atom stereocenters. The zero-order valence-corrected chi connectivity index (χ0v) is 16.8. The number of benzene rings is 1. The first-order chi connectivity index (χ1) is 12.0. The van der Waals surface area contributed by atoms with Gasteiger partial charge in [0.15, 0.2) is 0 Å². The Bertz CT molecular complexity index is 578. The monoisotopic (exact) mass is 363 g/mol. The lowest BCUT2D eigenvalue weighted by molar-refractivity contribution is 0.0447. The third kappa shape index (κ3) is 5.22. The molecule has 0 saturated carbocycles. The molecule has 140 valence electrons. The van der Waals surface area contributed by atoms with E-state index in [-0.39, 0.29) is 11.9 Å². The highest BCUT2D eigenvalue weighted by molar-refractivity contribution is 7.80. The first-order valence-electron chi connectivity index (χ1n) is 9.43. The van der Waals surface area contributed by atoms with Crippen molar-refractivity contribution in [3.63, 3.8) is 0 Å². The zero-order chi connectivity index (χ0) is 18.4. The molecule has 2 atom stereocenters. The maximum absolute atomic E-state index is 13.0. The summed E-state index contributed by atoms with van der Waals surface area (Å²) < 4.78 is 0. The summed E-state index contributed by atoms with van der Waals surface area (Å²) in [7, 11) is 0. The number of nitrogens with two attached hydrogens (primary N) is 1. The predicted octanol–water partition coefficient (Wildman–Crippen LogP) is 2.88. The summed E-state index contributed by atoms with van der Waals surface area (Å²) in [4.78, 5) is 17.5. The summed E-state index contributed by atoms with van der Waals surface area (Å²) in [5.41, 5.74) is 9.23. The molecule has 1 saturated heterocycles. The normalized spacial score (nSPS) is 19.9. The lowest BCUT2D eigenvalue weighted by atomic mass is 10.00. The van der Waals surface area contributed by atoms with Crippen molar-refractivity contribution in [1.29, 1.82) is 0 Å². The Balaban J connectivity index is 2.10. The number of rotatable bonds is 7. The zero-order valence-electron chi connectivity index (χ0n) is 15.9. The molecule has 0 spiro atoms. The van der Waals surface area contributed by atoms with Crippen molar-refractivity contribution >= 4 is 18.5 Å². The lowest BCUT2D eigenvalue weighted by Crippen LogP contribution is -2.57. The van der Waals surface area contributed by atoms with Crippen molar-refractivity contribution in [3.05, 3.63) is 34.9 Å².